The molecule has 108 valence electrons. The number of aliphatic hydroxyl groups excluding tert-OH is 1. The third-order valence-corrected chi connectivity index (χ3v) is 4.21. The van der Waals surface area contributed by atoms with Crippen molar-refractivity contribution in [3.8, 4) is 0 Å². The number of rotatable bonds is 6. The number of amides is 1. The Bertz CT molecular complexity index is 599. The van der Waals surface area contributed by atoms with Crippen molar-refractivity contribution in [2.75, 3.05) is 25.9 Å². The van der Waals surface area contributed by atoms with Crippen molar-refractivity contribution in [3.05, 3.63) is 17.1 Å². The smallest absolute Gasteiger partial charge is 0.265 e. The minimum atomic E-state index is -0.0884. The number of fused-ring (bicyclic) bond motifs is 1. The summed E-state index contributed by atoms with van der Waals surface area (Å²) in [5.41, 5.74) is 6.49. The number of hydrogen-bond donors (Lipinski definition) is 2. The molecule has 0 unspecified atom stereocenters. The lowest BCUT2D eigenvalue weighted by Crippen LogP contribution is -2.27. The second kappa shape index (κ2) is 6.62. The number of unbranched alkanes of at least 4 members (excludes halogenated alkanes) is 2. The number of nitrogens with zero attached hydrogens (tertiary/aromatic N) is 3. The zero-order valence-corrected chi connectivity index (χ0v) is 12.2. The molecule has 0 atom stereocenters. The summed E-state index contributed by atoms with van der Waals surface area (Å²) < 4.78 is 0. The van der Waals surface area contributed by atoms with Gasteiger partial charge in [0.15, 0.2) is 0 Å². The average molecular weight is 294 g/mol. The van der Waals surface area contributed by atoms with Gasteiger partial charge in [0.05, 0.1) is 11.9 Å². The summed E-state index contributed by atoms with van der Waals surface area (Å²) in [6, 6.07) is 1.77. The van der Waals surface area contributed by atoms with Crippen LogP contribution in [0.2, 0.25) is 0 Å². The molecule has 1 amide bonds. The van der Waals surface area contributed by atoms with E-state index in [9.17, 15) is 4.79 Å². The monoisotopic (exact) mass is 294 g/mol. The zero-order chi connectivity index (χ0) is 14.5. The molecule has 20 heavy (non-hydrogen) atoms. The highest BCUT2D eigenvalue weighted by Crippen LogP contribution is 2.32. The summed E-state index contributed by atoms with van der Waals surface area (Å²) in [4.78, 5) is 15.2. The summed E-state index contributed by atoms with van der Waals surface area (Å²) in [7, 11) is 1.76. The van der Waals surface area contributed by atoms with Crippen LogP contribution in [0.25, 0.3) is 10.2 Å². The van der Waals surface area contributed by atoms with Gasteiger partial charge in [-0.3, -0.25) is 4.79 Å². The van der Waals surface area contributed by atoms with Crippen molar-refractivity contribution in [1.29, 1.82) is 0 Å². The Labute approximate surface area is 121 Å². The van der Waals surface area contributed by atoms with E-state index in [0.29, 0.717) is 21.9 Å². The zero-order valence-electron chi connectivity index (χ0n) is 11.4. The van der Waals surface area contributed by atoms with Crippen molar-refractivity contribution >= 4 is 33.1 Å². The number of aliphatic hydroxyl groups is 1. The fourth-order valence-electron chi connectivity index (χ4n) is 1.94. The van der Waals surface area contributed by atoms with Crippen LogP contribution < -0.4 is 5.73 Å². The Morgan fingerprint density at radius 1 is 1.45 bits per heavy atom. The van der Waals surface area contributed by atoms with Crippen LogP contribution in [0.15, 0.2) is 12.3 Å². The number of nitrogens with two attached hydrogens (primary N) is 1. The minimum Gasteiger partial charge on any atom is -0.397 e. The van der Waals surface area contributed by atoms with Gasteiger partial charge >= 0.3 is 0 Å². The summed E-state index contributed by atoms with van der Waals surface area (Å²) in [6.07, 6.45) is 4.11. The van der Waals surface area contributed by atoms with Crippen molar-refractivity contribution in [1.82, 2.24) is 15.1 Å². The Kier molecular flexibility index (Phi) is 4.86. The fourth-order valence-corrected chi connectivity index (χ4v) is 2.98. The molecular weight excluding hydrogens is 276 g/mol. The maximum absolute atomic E-state index is 12.4. The van der Waals surface area contributed by atoms with Gasteiger partial charge in [-0.05, 0) is 25.3 Å². The van der Waals surface area contributed by atoms with Crippen LogP contribution in [-0.2, 0) is 0 Å². The van der Waals surface area contributed by atoms with Crippen molar-refractivity contribution in [2.45, 2.75) is 19.3 Å². The Balaban J connectivity index is 2.08. The fraction of sp³-hybridized carbons (Fsp3) is 0.462. The Morgan fingerprint density at radius 3 is 2.95 bits per heavy atom. The van der Waals surface area contributed by atoms with Crippen molar-refractivity contribution in [3.63, 3.8) is 0 Å². The van der Waals surface area contributed by atoms with Gasteiger partial charge in [-0.15, -0.1) is 16.4 Å². The number of hydrogen-bond acceptors (Lipinski definition) is 6. The molecule has 0 saturated carbocycles. The molecule has 0 bridgehead atoms. The first-order valence-electron chi connectivity index (χ1n) is 6.51. The van der Waals surface area contributed by atoms with Crippen LogP contribution in [-0.4, -0.2) is 46.3 Å². The number of carbonyl (C=O) groups excluding carboxylic acids is 1. The molecule has 0 radical (unpaired) electrons. The Morgan fingerprint density at radius 2 is 2.25 bits per heavy atom. The van der Waals surface area contributed by atoms with Crippen LogP contribution in [0.3, 0.4) is 0 Å². The lowest BCUT2D eigenvalue weighted by Gasteiger charge is -2.16. The summed E-state index contributed by atoms with van der Waals surface area (Å²) in [5.74, 6) is -0.0884. The van der Waals surface area contributed by atoms with Gasteiger partial charge in [0.2, 0.25) is 0 Å². The van der Waals surface area contributed by atoms with Gasteiger partial charge in [0.1, 0.15) is 9.71 Å². The summed E-state index contributed by atoms with van der Waals surface area (Å²) >= 11 is 1.27. The predicted molar refractivity (Wildman–Crippen MR) is 79.7 cm³/mol. The molecule has 0 aliphatic rings. The highest BCUT2D eigenvalue weighted by atomic mass is 32.1. The van der Waals surface area contributed by atoms with E-state index in [0.717, 1.165) is 24.6 Å². The highest BCUT2D eigenvalue weighted by Gasteiger charge is 2.20. The standard InChI is InChI=1S/C13H18N4O2S/c1-17(7-3-2-4-8-18)13(19)11-10(14)9-5-6-15-16-12(9)20-11/h5-6,18H,2-4,7-8,14H2,1H3. The molecule has 7 heteroatoms. The van der Waals surface area contributed by atoms with Gasteiger partial charge in [-0.2, -0.15) is 5.10 Å². The van der Waals surface area contributed by atoms with Gasteiger partial charge in [0, 0.05) is 25.6 Å². The minimum absolute atomic E-state index is 0.0884. The number of nitrogen functional groups attached to an aromatic ring is 1. The molecule has 2 rings (SSSR count). The van der Waals surface area contributed by atoms with E-state index < -0.39 is 0 Å². The number of thiophene rings is 1. The van der Waals surface area contributed by atoms with Crippen molar-refractivity contribution in [2.24, 2.45) is 0 Å². The van der Waals surface area contributed by atoms with Gasteiger partial charge in [-0.1, -0.05) is 0 Å². The van der Waals surface area contributed by atoms with Crippen LogP contribution in [0, 0.1) is 0 Å². The van der Waals surface area contributed by atoms with Gasteiger partial charge in [-0.25, -0.2) is 0 Å². The van der Waals surface area contributed by atoms with Crippen LogP contribution in [0.1, 0.15) is 28.9 Å². The van der Waals surface area contributed by atoms with Crippen LogP contribution in [0.4, 0.5) is 5.69 Å². The molecule has 0 aliphatic heterocycles. The van der Waals surface area contributed by atoms with E-state index in [1.807, 2.05) is 0 Å². The maximum Gasteiger partial charge on any atom is 0.265 e. The largest absolute Gasteiger partial charge is 0.397 e. The SMILES string of the molecule is CN(CCCCCO)C(=O)c1sc2nnccc2c1N. The maximum atomic E-state index is 12.4. The molecule has 2 aromatic rings. The van der Waals surface area contributed by atoms with Gasteiger partial charge < -0.3 is 15.7 Å². The number of aromatic nitrogens is 2. The number of carbonyl (C=O) groups is 1. The third-order valence-electron chi connectivity index (χ3n) is 3.11. The second-order valence-electron chi connectivity index (χ2n) is 4.61. The lowest BCUT2D eigenvalue weighted by atomic mass is 10.2. The molecule has 0 spiro atoms. The Hall–Kier alpha value is -1.73. The topological polar surface area (TPSA) is 92.3 Å². The molecule has 0 saturated heterocycles. The summed E-state index contributed by atoms with van der Waals surface area (Å²) in [5, 5.41) is 17.3. The third kappa shape index (κ3) is 3.05. The highest BCUT2D eigenvalue weighted by molar-refractivity contribution is 7.21. The van der Waals surface area contributed by atoms with Crippen LogP contribution in [0.5, 0.6) is 0 Å². The normalized spacial score (nSPS) is 10.9. The van der Waals surface area contributed by atoms with E-state index in [4.69, 9.17) is 10.8 Å². The average Bonchev–Trinajstić information content (AvgIpc) is 2.80. The van der Waals surface area contributed by atoms with E-state index in [-0.39, 0.29) is 12.5 Å². The predicted octanol–water partition coefficient (Wildman–Crippen LogP) is 1.51. The molecular formula is C13H18N4O2S. The lowest BCUT2D eigenvalue weighted by molar-refractivity contribution is 0.0798. The van der Waals surface area contributed by atoms with E-state index in [2.05, 4.69) is 10.2 Å². The molecule has 3 N–H and O–H groups in total. The van der Waals surface area contributed by atoms with Crippen LogP contribution >= 0.6 is 11.3 Å². The summed E-state index contributed by atoms with van der Waals surface area (Å²) in [6.45, 7) is 0.845. The molecule has 2 heterocycles. The van der Waals surface area contributed by atoms with E-state index in [1.54, 1.807) is 24.2 Å². The van der Waals surface area contributed by atoms with Gasteiger partial charge in [0.25, 0.3) is 5.91 Å². The quantitative estimate of drug-likeness (QED) is 0.788. The first kappa shape index (κ1) is 14.7. The first-order chi connectivity index (χ1) is 9.65. The first-order valence-corrected chi connectivity index (χ1v) is 7.32. The molecule has 0 aliphatic carbocycles. The van der Waals surface area contributed by atoms with E-state index >= 15 is 0 Å². The molecule has 0 fully saturated rings. The molecule has 0 aromatic carbocycles. The number of anilines is 1. The van der Waals surface area contributed by atoms with E-state index in [1.165, 1.54) is 11.3 Å². The molecule has 6 nitrogen and oxygen atoms in total. The second-order valence-corrected chi connectivity index (χ2v) is 5.60. The molecule has 2 aromatic heterocycles. The van der Waals surface area contributed by atoms with Crippen molar-refractivity contribution < 1.29 is 9.90 Å².